The van der Waals surface area contributed by atoms with Crippen molar-refractivity contribution in [2.24, 2.45) is 0 Å². The molecule has 0 radical (unpaired) electrons. The summed E-state index contributed by atoms with van der Waals surface area (Å²) < 4.78 is 6.86. The summed E-state index contributed by atoms with van der Waals surface area (Å²) in [5, 5.41) is 17.6. The van der Waals surface area contributed by atoms with E-state index in [2.05, 4.69) is 10.2 Å². The maximum Gasteiger partial charge on any atom is 0.246 e. The fourth-order valence-electron chi connectivity index (χ4n) is 2.91. The topological polar surface area (TPSA) is 80.5 Å². The van der Waals surface area contributed by atoms with E-state index in [4.69, 9.17) is 4.74 Å². The third-order valence-electron chi connectivity index (χ3n) is 4.06. The van der Waals surface area contributed by atoms with Gasteiger partial charge < -0.3 is 14.7 Å². The molecule has 1 N–H and O–H groups in total. The van der Waals surface area contributed by atoms with Gasteiger partial charge in [-0.25, -0.2) is 0 Å². The summed E-state index contributed by atoms with van der Waals surface area (Å²) in [4.78, 5) is 14.6. The van der Waals surface area contributed by atoms with Crippen molar-refractivity contribution < 1.29 is 14.6 Å². The number of carbonyl (C=O) groups excluding carboxylic acids is 1. The summed E-state index contributed by atoms with van der Waals surface area (Å²) in [7, 11) is 1.61. The maximum atomic E-state index is 12.9. The van der Waals surface area contributed by atoms with E-state index in [-0.39, 0.29) is 12.5 Å². The smallest absolute Gasteiger partial charge is 0.246 e. The highest BCUT2D eigenvalue weighted by atomic mass is 16.5. The monoisotopic (exact) mass is 316 g/mol. The largest absolute Gasteiger partial charge is 0.388 e. The highest BCUT2D eigenvalue weighted by molar-refractivity contribution is 5.82. The molecule has 122 valence electrons. The predicted molar refractivity (Wildman–Crippen MR) is 82.4 cm³/mol. The van der Waals surface area contributed by atoms with Crippen LogP contribution >= 0.6 is 0 Å². The van der Waals surface area contributed by atoms with Crippen molar-refractivity contribution in [1.82, 2.24) is 19.7 Å². The Morgan fingerprint density at radius 2 is 2.09 bits per heavy atom. The molecule has 0 unspecified atom stereocenters. The first-order valence-corrected chi connectivity index (χ1v) is 7.59. The molecular formula is C16H20N4O3. The number of aliphatic hydroxyl groups is 1. The van der Waals surface area contributed by atoms with Crippen LogP contribution in [0.3, 0.4) is 0 Å². The van der Waals surface area contributed by atoms with E-state index in [0.717, 1.165) is 5.56 Å². The van der Waals surface area contributed by atoms with Gasteiger partial charge >= 0.3 is 0 Å². The third kappa shape index (κ3) is 3.11. The van der Waals surface area contributed by atoms with E-state index >= 15 is 0 Å². The van der Waals surface area contributed by atoms with Crippen LogP contribution in [0.1, 0.15) is 23.3 Å². The number of hydrogen-bond donors (Lipinski definition) is 1. The van der Waals surface area contributed by atoms with Crippen LogP contribution in [-0.4, -0.2) is 50.9 Å². The van der Waals surface area contributed by atoms with E-state index < -0.39 is 6.04 Å². The van der Waals surface area contributed by atoms with Gasteiger partial charge in [-0.3, -0.25) is 9.36 Å². The van der Waals surface area contributed by atoms with Crippen molar-refractivity contribution >= 4 is 5.91 Å². The lowest BCUT2D eigenvalue weighted by Gasteiger charge is -2.33. The molecule has 2 heterocycles. The molecule has 0 aliphatic carbocycles. The second-order valence-corrected chi connectivity index (χ2v) is 5.52. The van der Waals surface area contributed by atoms with Crippen molar-refractivity contribution in [2.75, 3.05) is 20.3 Å². The fraction of sp³-hybridized carbons (Fsp3) is 0.438. The molecule has 0 spiro atoms. The molecule has 3 rings (SSSR count). The number of amides is 1. The van der Waals surface area contributed by atoms with Gasteiger partial charge in [0.1, 0.15) is 12.6 Å². The molecular weight excluding hydrogens is 296 g/mol. The van der Waals surface area contributed by atoms with Crippen molar-refractivity contribution in [1.29, 1.82) is 0 Å². The number of carbonyl (C=O) groups is 1. The van der Waals surface area contributed by atoms with E-state index in [1.165, 1.54) is 0 Å². The SMILES string of the molecule is COCCN1Cc2nnc(CO)n2[C@H](Cc2ccccc2)C1=O. The zero-order valence-corrected chi connectivity index (χ0v) is 13.1. The summed E-state index contributed by atoms with van der Waals surface area (Å²) in [5.74, 6) is 1.14. The molecule has 0 saturated heterocycles. The molecule has 1 atom stereocenters. The van der Waals surface area contributed by atoms with Crippen LogP contribution in [0.2, 0.25) is 0 Å². The fourth-order valence-corrected chi connectivity index (χ4v) is 2.91. The first-order valence-electron chi connectivity index (χ1n) is 7.59. The maximum absolute atomic E-state index is 12.9. The van der Waals surface area contributed by atoms with Gasteiger partial charge in [0.2, 0.25) is 5.91 Å². The third-order valence-corrected chi connectivity index (χ3v) is 4.06. The Balaban J connectivity index is 1.93. The normalized spacial score (nSPS) is 17.4. The molecule has 0 bridgehead atoms. The lowest BCUT2D eigenvalue weighted by molar-refractivity contribution is -0.138. The minimum Gasteiger partial charge on any atom is -0.388 e. The number of benzene rings is 1. The van der Waals surface area contributed by atoms with Gasteiger partial charge in [0.05, 0.1) is 13.2 Å². The average molecular weight is 316 g/mol. The average Bonchev–Trinajstić information content (AvgIpc) is 2.99. The summed E-state index contributed by atoms with van der Waals surface area (Å²) in [5.41, 5.74) is 1.06. The quantitative estimate of drug-likeness (QED) is 0.841. The van der Waals surface area contributed by atoms with Crippen molar-refractivity contribution in [3.63, 3.8) is 0 Å². The van der Waals surface area contributed by atoms with Crippen LogP contribution in [0, 0.1) is 0 Å². The zero-order valence-electron chi connectivity index (χ0n) is 13.1. The summed E-state index contributed by atoms with van der Waals surface area (Å²) in [6, 6.07) is 9.39. The molecule has 0 fully saturated rings. The Bertz CT molecular complexity index is 671. The van der Waals surface area contributed by atoms with Crippen LogP contribution in [0.5, 0.6) is 0 Å². The number of nitrogens with zero attached hydrogens (tertiary/aromatic N) is 4. The van der Waals surface area contributed by atoms with Crippen LogP contribution < -0.4 is 0 Å². The van der Waals surface area contributed by atoms with Crippen LogP contribution in [0.4, 0.5) is 0 Å². The second kappa shape index (κ2) is 6.89. The van der Waals surface area contributed by atoms with Gasteiger partial charge in [-0.05, 0) is 5.56 Å². The Morgan fingerprint density at radius 3 is 2.78 bits per heavy atom. The lowest BCUT2D eigenvalue weighted by atomic mass is 10.0. The molecule has 7 heteroatoms. The molecule has 1 aliphatic heterocycles. The molecule has 0 saturated carbocycles. The summed E-state index contributed by atoms with van der Waals surface area (Å²) >= 11 is 0. The molecule has 1 amide bonds. The molecule has 2 aromatic rings. The highest BCUT2D eigenvalue weighted by Gasteiger charge is 2.35. The van der Waals surface area contributed by atoms with Crippen LogP contribution in [0.25, 0.3) is 0 Å². The minimum atomic E-state index is -0.435. The van der Waals surface area contributed by atoms with Gasteiger partial charge in [-0.2, -0.15) is 0 Å². The molecule has 23 heavy (non-hydrogen) atoms. The Hall–Kier alpha value is -2.25. The second-order valence-electron chi connectivity index (χ2n) is 5.52. The van der Waals surface area contributed by atoms with Gasteiger partial charge in [0.25, 0.3) is 0 Å². The standard InChI is InChI=1S/C16H20N4O3/c1-23-8-7-19-10-14-17-18-15(11-21)20(14)13(16(19)22)9-12-5-3-2-4-6-12/h2-6,13,21H,7-11H2,1H3/t13-/m1/s1. The van der Waals surface area contributed by atoms with Crippen LogP contribution in [0.15, 0.2) is 30.3 Å². The van der Waals surface area contributed by atoms with E-state index in [0.29, 0.717) is 37.8 Å². The van der Waals surface area contributed by atoms with Crippen molar-refractivity contribution in [2.45, 2.75) is 25.6 Å². The van der Waals surface area contributed by atoms with Crippen molar-refractivity contribution in [3.05, 3.63) is 47.5 Å². The Morgan fingerprint density at radius 1 is 1.30 bits per heavy atom. The number of methoxy groups -OCH3 is 1. The molecule has 1 aromatic carbocycles. The summed E-state index contributed by atoms with van der Waals surface area (Å²) in [6.45, 7) is 1.15. The summed E-state index contributed by atoms with van der Waals surface area (Å²) in [6.07, 6.45) is 0.543. The van der Waals surface area contributed by atoms with Crippen molar-refractivity contribution in [3.8, 4) is 0 Å². The minimum absolute atomic E-state index is 0.00732. The number of aliphatic hydroxyl groups excluding tert-OH is 1. The molecule has 1 aromatic heterocycles. The van der Waals surface area contributed by atoms with E-state index in [1.54, 1.807) is 16.6 Å². The molecule has 1 aliphatic rings. The van der Waals surface area contributed by atoms with Gasteiger partial charge in [-0.1, -0.05) is 30.3 Å². The van der Waals surface area contributed by atoms with E-state index in [1.807, 2.05) is 30.3 Å². The van der Waals surface area contributed by atoms with E-state index in [9.17, 15) is 9.90 Å². The Kier molecular flexibility index (Phi) is 4.68. The number of aromatic nitrogens is 3. The number of fused-ring (bicyclic) bond motifs is 1. The Labute approximate surface area is 134 Å². The van der Waals surface area contributed by atoms with Crippen LogP contribution in [-0.2, 0) is 29.1 Å². The number of ether oxygens (including phenoxy) is 1. The first-order chi connectivity index (χ1) is 11.2. The lowest BCUT2D eigenvalue weighted by Crippen LogP contribution is -2.45. The number of hydrogen-bond acceptors (Lipinski definition) is 5. The predicted octanol–water partition coefficient (Wildman–Crippen LogP) is 0.543. The van der Waals surface area contributed by atoms with Gasteiger partial charge in [0.15, 0.2) is 11.6 Å². The number of rotatable bonds is 6. The zero-order chi connectivity index (χ0) is 16.2. The first kappa shape index (κ1) is 15.6. The molecule has 7 nitrogen and oxygen atoms in total. The van der Waals surface area contributed by atoms with Gasteiger partial charge in [0, 0.05) is 20.1 Å². The highest BCUT2D eigenvalue weighted by Crippen LogP contribution is 2.26. The van der Waals surface area contributed by atoms with Gasteiger partial charge in [-0.15, -0.1) is 10.2 Å².